The van der Waals surface area contributed by atoms with E-state index in [9.17, 15) is 4.79 Å². The van der Waals surface area contributed by atoms with Crippen molar-refractivity contribution in [3.8, 4) is 11.5 Å². The molecule has 1 saturated heterocycles. The Labute approximate surface area is 208 Å². The zero-order valence-electron chi connectivity index (χ0n) is 20.0. The number of carbonyl (C=O) groups is 1. The quantitative estimate of drug-likeness (QED) is 0.302. The van der Waals surface area contributed by atoms with Crippen molar-refractivity contribution in [2.24, 2.45) is 0 Å². The number of likely N-dealkylation sites (tertiary alicyclic amines) is 1. The number of para-hydroxylation sites is 1. The van der Waals surface area contributed by atoms with Crippen molar-refractivity contribution < 1.29 is 18.8 Å². The lowest BCUT2D eigenvalue weighted by molar-refractivity contribution is -0.126. The van der Waals surface area contributed by atoms with Crippen LogP contribution >= 0.6 is 11.3 Å². The number of hydrogen-bond donors (Lipinski definition) is 0. The summed E-state index contributed by atoms with van der Waals surface area (Å²) in [6.45, 7) is 4.83. The van der Waals surface area contributed by atoms with Gasteiger partial charge >= 0.3 is 0 Å². The highest BCUT2D eigenvalue weighted by molar-refractivity contribution is 7.18. The zero-order chi connectivity index (χ0) is 24.4. The number of benzene rings is 2. The second kappa shape index (κ2) is 9.92. The number of nitrogens with zero attached hydrogens (tertiary/aromatic N) is 3. The molecule has 1 amide bonds. The number of thiazole rings is 1. The lowest BCUT2D eigenvalue weighted by Gasteiger charge is -2.21. The van der Waals surface area contributed by atoms with Crippen LogP contribution in [0.5, 0.6) is 11.5 Å². The van der Waals surface area contributed by atoms with Gasteiger partial charge in [-0.05, 0) is 62.6 Å². The Morgan fingerprint density at radius 2 is 2.09 bits per heavy atom. The molecule has 8 heteroatoms. The molecule has 0 bridgehead atoms. The highest BCUT2D eigenvalue weighted by atomic mass is 32.1. The molecule has 0 saturated carbocycles. The highest BCUT2D eigenvalue weighted by Crippen LogP contribution is 2.37. The highest BCUT2D eigenvalue weighted by Gasteiger charge is 2.31. The molecule has 4 aromatic rings. The first-order chi connectivity index (χ1) is 17.0. The van der Waals surface area contributed by atoms with E-state index < -0.39 is 0 Å². The number of amides is 1. The molecule has 5 rings (SSSR count). The number of carbonyl (C=O) groups excluding carboxylic acids is 1. The molecular weight excluding hydrogens is 462 g/mol. The Morgan fingerprint density at radius 3 is 2.86 bits per heavy atom. The molecule has 0 N–H and O–H groups in total. The van der Waals surface area contributed by atoms with Crippen molar-refractivity contribution in [3.63, 3.8) is 0 Å². The van der Waals surface area contributed by atoms with Gasteiger partial charge in [0.1, 0.15) is 17.4 Å². The second-order valence-corrected chi connectivity index (χ2v) is 9.61. The predicted octanol–water partition coefficient (Wildman–Crippen LogP) is 5.87. The van der Waals surface area contributed by atoms with Gasteiger partial charge in [0.15, 0.2) is 11.5 Å². The van der Waals surface area contributed by atoms with Crippen molar-refractivity contribution in [2.45, 2.75) is 39.3 Å². The van der Waals surface area contributed by atoms with E-state index in [0.717, 1.165) is 57.2 Å². The van der Waals surface area contributed by atoms with E-state index in [1.54, 1.807) is 24.5 Å². The zero-order valence-corrected chi connectivity index (χ0v) is 20.8. The molecule has 1 unspecified atom stereocenters. The van der Waals surface area contributed by atoms with Crippen LogP contribution in [0.4, 0.5) is 0 Å². The molecule has 1 aliphatic heterocycles. The molecule has 1 fully saturated rings. The summed E-state index contributed by atoms with van der Waals surface area (Å²) in [5, 5.41) is 4.97. The first-order valence-corrected chi connectivity index (χ1v) is 12.4. The summed E-state index contributed by atoms with van der Waals surface area (Å²) in [5.74, 6) is 1.95. The van der Waals surface area contributed by atoms with Crippen molar-refractivity contribution in [3.05, 3.63) is 76.1 Å². The third kappa shape index (κ3) is 4.79. The molecular formula is C27H27N3O4S. The Kier molecular flexibility index (Phi) is 6.55. The number of ether oxygens (including phenoxy) is 2. The molecule has 1 atom stereocenters. The van der Waals surface area contributed by atoms with Gasteiger partial charge in [-0.25, -0.2) is 4.98 Å². The predicted molar refractivity (Wildman–Crippen MR) is 136 cm³/mol. The van der Waals surface area contributed by atoms with Crippen LogP contribution in [-0.2, 0) is 11.4 Å². The summed E-state index contributed by atoms with van der Waals surface area (Å²) in [5.41, 5.74) is 3.59. The average molecular weight is 490 g/mol. The van der Waals surface area contributed by atoms with E-state index in [-0.39, 0.29) is 11.9 Å². The van der Waals surface area contributed by atoms with Crippen LogP contribution in [0.15, 0.2) is 53.1 Å². The number of rotatable bonds is 7. The minimum atomic E-state index is -0.00976. The molecule has 2 aromatic carbocycles. The fourth-order valence-corrected chi connectivity index (χ4v) is 5.46. The standard InChI is InChI=1S/C27H27N3O4S/c1-17-20(18(2)34-29-17)16-33-23-12-10-19(15-24(23)32-3)11-13-26(31)30-14-6-8-22(30)27-28-21-7-4-5-9-25(21)35-27/h4-5,7,9-13,15,22H,6,8,14,16H2,1-3H3/b13-11+. The summed E-state index contributed by atoms with van der Waals surface area (Å²) in [6.07, 6.45) is 5.36. The van der Waals surface area contributed by atoms with E-state index in [0.29, 0.717) is 18.1 Å². The number of fused-ring (bicyclic) bond motifs is 1. The second-order valence-electron chi connectivity index (χ2n) is 8.54. The maximum absolute atomic E-state index is 13.1. The molecule has 180 valence electrons. The number of aromatic nitrogens is 2. The van der Waals surface area contributed by atoms with Crippen molar-refractivity contribution >= 4 is 33.5 Å². The lowest BCUT2D eigenvalue weighted by atomic mass is 10.1. The van der Waals surface area contributed by atoms with E-state index in [1.165, 1.54) is 0 Å². The largest absolute Gasteiger partial charge is 0.493 e. The smallest absolute Gasteiger partial charge is 0.247 e. The minimum Gasteiger partial charge on any atom is -0.493 e. The van der Waals surface area contributed by atoms with Gasteiger partial charge in [-0.15, -0.1) is 11.3 Å². The molecule has 1 aliphatic rings. The summed E-state index contributed by atoms with van der Waals surface area (Å²) in [7, 11) is 1.60. The maximum atomic E-state index is 13.1. The Balaban J connectivity index is 1.28. The first kappa shape index (κ1) is 23.1. The molecule has 0 radical (unpaired) electrons. The van der Waals surface area contributed by atoms with Crippen LogP contribution < -0.4 is 9.47 Å². The molecule has 7 nitrogen and oxygen atoms in total. The van der Waals surface area contributed by atoms with Gasteiger partial charge in [0, 0.05) is 12.6 Å². The number of aryl methyl sites for hydroxylation is 2. The molecule has 35 heavy (non-hydrogen) atoms. The molecule has 0 spiro atoms. The summed E-state index contributed by atoms with van der Waals surface area (Å²) >= 11 is 1.67. The number of methoxy groups -OCH3 is 1. The van der Waals surface area contributed by atoms with Gasteiger partial charge in [0.05, 0.1) is 34.6 Å². The van der Waals surface area contributed by atoms with Crippen molar-refractivity contribution in [1.82, 2.24) is 15.0 Å². The summed E-state index contributed by atoms with van der Waals surface area (Å²) in [6, 6.07) is 13.8. The summed E-state index contributed by atoms with van der Waals surface area (Å²) in [4.78, 5) is 19.8. The van der Waals surface area contributed by atoms with Crippen LogP contribution in [0.3, 0.4) is 0 Å². The first-order valence-electron chi connectivity index (χ1n) is 11.6. The van der Waals surface area contributed by atoms with Crippen LogP contribution in [0.2, 0.25) is 0 Å². The Hall–Kier alpha value is -3.65. The molecule has 3 heterocycles. The van der Waals surface area contributed by atoms with Gasteiger partial charge in [0.25, 0.3) is 0 Å². The summed E-state index contributed by atoms with van der Waals surface area (Å²) < 4.78 is 17.8. The molecule has 0 aliphatic carbocycles. The average Bonchev–Trinajstić information content (AvgIpc) is 3.60. The van der Waals surface area contributed by atoms with Gasteiger partial charge in [-0.1, -0.05) is 23.4 Å². The van der Waals surface area contributed by atoms with Gasteiger partial charge in [-0.2, -0.15) is 0 Å². The van der Waals surface area contributed by atoms with E-state index in [1.807, 2.05) is 61.2 Å². The lowest BCUT2D eigenvalue weighted by Crippen LogP contribution is -2.28. The minimum absolute atomic E-state index is 0.00976. The van der Waals surface area contributed by atoms with Crippen LogP contribution in [-0.4, -0.2) is 34.6 Å². The van der Waals surface area contributed by atoms with Gasteiger partial charge in [-0.3, -0.25) is 4.79 Å². The fraction of sp³-hybridized carbons (Fsp3) is 0.296. The monoisotopic (exact) mass is 489 g/mol. The Morgan fingerprint density at radius 1 is 1.23 bits per heavy atom. The van der Waals surface area contributed by atoms with Crippen LogP contribution in [0, 0.1) is 13.8 Å². The topological polar surface area (TPSA) is 77.7 Å². The van der Waals surface area contributed by atoms with E-state index in [4.69, 9.17) is 19.0 Å². The Bertz CT molecular complexity index is 1340. The van der Waals surface area contributed by atoms with E-state index >= 15 is 0 Å². The fourth-order valence-electron chi connectivity index (χ4n) is 4.35. The molecule has 2 aromatic heterocycles. The van der Waals surface area contributed by atoms with Gasteiger partial charge in [0.2, 0.25) is 5.91 Å². The van der Waals surface area contributed by atoms with Crippen LogP contribution in [0.25, 0.3) is 16.3 Å². The van der Waals surface area contributed by atoms with Crippen LogP contribution in [0.1, 0.15) is 46.5 Å². The number of hydrogen-bond acceptors (Lipinski definition) is 7. The van der Waals surface area contributed by atoms with Gasteiger partial charge < -0.3 is 18.9 Å². The third-order valence-corrected chi connectivity index (χ3v) is 7.43. The SMILES string of the molecule is COc1cc(/C=C/C(=O)N2CCCC2c2nc3ccccc3s2)ccc1OCc1c(C)noc1C. The third-order valence-electron chi connectivity index (χ3n) is 6.29. The maximum Gasteiger partial charge on any atom is 0.247 e. The van der Waals surface area contributed by atoms with Crippen molar-refractivity contribution in [2.75, 3.05) is 13.7 Å². The van der Waals surface area contributed by atoms with Crippen molar-refractivity contribution in [1.29, 1.82) is 0 Å². The normalized spacial score (nSPS) is 15.9. The van der Waals surface area contributed by atoms with E-state index in [2.05, 4.69) is 11.2 Å².